The molecule has 0 saturated carbocycles. The van der Waals surface area contributed by atoms with Crippen molar-refractivity contribution in [2.45, 2.75) is 46.1 Å². The second-order valence-corrected chi connectivity index (χ2v) is 7.16. The summed E-state index contributed by atoms with van der Waals surface area (Å²) >= 11 is 0. The molecule has 1 heterocycles. The predicted molar refractivity (Wildman–Crippen MR) is 99.4 cm³/mol. The molecule has 1 aromatic rings. The van der Waals surface area contributed by atoms with Gasteiger partial charge in [0.2, 0.25) is 11.8 Å². The average molecular weight is 354 g/mol. The van der Waals surface area contributed by atoms with Crippen LogP contribution in [0.3, 0.4) is 0 Å². The minimum absolute atomic E-state index is 0. The Labute approximate surface area is 150 Å². The summed E-state index contributed by atoms with van der Waals surface area (Å²) in [6.07, 6.45) is 1.97. The molecule has 3 N–H and O–H groups in total. The van der Waals surface area contributed by atoms with Gasteiger partial charge < -0.3 is 16.0 Å². The van der Waals surface area contributed by atoms with Crippen LogP contribution in [-0.4, -0.2) is 30.9 Å². The fraction of sp³-hybridized carbons (Fsp3) is 0.556. The molecule has 1 atom stereocenters. The molecule has 2 amide bonds. The molecular weight excluding hydrogens is 326 g/mol. The van der Waals surface area contributed by atoms with Crippen LogP contribution >= 0.6 is 12.4 Å². The summed E-state index contributed by atoms with van der Waals surface area (Å²) in [4.78, 5) is 26.1. The van der Waals surface area contributed by atoms with Crippen molar-refractivity contribution in [3.8, 4) is 0 Å². The van der Waals surface area contributed by atoms with E-state index in [1.54, 1.807) is 0 Å². The Bertz CT molecular complexity index is 584. The number of nitrogens with one attached hydrogen (secondary N) is 1. The number of hydrogen-bond donors (Lipinski definition) is 2. The summed E-state index contributed by atoms with van der Waals surface area (Å²) in [5.74, 6) is -0.0409. The van der Waals surface area contributed by atoms with Gasteiger partial charge >= 0.3 is 0 Å². The first-order chi connectivity index (χ1) is 10.8. The van der Waals surface area contributed by atoms with E-state index in [2.05, 4.69) is 11.4 Å². The topological polar surface area (TPSA) is 75.4 Å². The number of benzene rings is 1. The quantitative estimate of drug-likeness (QED) is 0.797. The summed E-state index contributed by atoms with van der Waals surface area (Å²) in [6, 6.07) is 7.48. The minimum Gasteiger partial charge on any atom is -0.355 e. The monoisotopic (exact) mass is 353 g/mol. The van der Waals surface area contributed by atoms with Crippen LogP contribution in [0, 0.1) is 5.41 Å². The number of fused-ring (bicyclic) bond motifs is 1. The zero-order valence-corrected chi connectivity index (χ0v) is 15.5. The van der Waals surface area contributed by atoms with Crippen LogP contribution in [0.5, 0.6) is 0 Å². The van der Waals surface area contributed by atoms with Gasteiger partial charge in [-0.1, -0.05) is 39.0 Å². The second kappa shape index (κ2) is 8.49. The van der Waals surface area contributed by atoms with Crippen LogP contribution in [0.1, 0.15) is 39.2 Å². The Morgan fingerprint density at radius 3 is 2.62 bits per heavy atom. The van der Waals surface area contributed by atoms with E-state index in [0.29, 0.717) is 19.4 Å². The Morgan fingerprint density at radius 1 is 1.29 bits per heavy atom. The lowest BCUT2D eigenvalue weighted by molar-refractivity contribution is -0.125. The first-order valence-corrected chi connectivity index (χ1v) is 8.22. The van der Waals surface area contributed by atoms with Crippen molar-refractivity contribution in [2.24, 2.45) is 11.1 Å². The third kappa shape index (κ3) is 4.95. The number of carbonyl (C=O) groups is 2. The lowest BCUT2D eigenvalue weighted by atomic mass is 9.87. The van der Waals surface area contributed by atoms with Crippen molar-refractivity contribution in [3.63, 3.8) is 0 Å². The molecule has 5 nitrogen and oxygen atoms in total. The van der Waals surface area contributed by atoms with E-state index >= 15 is 0 Å². The van der Waals surface area contributed by atoms with Gasteiger partial charge in [0, 0.05) is 25.2 Å². The molecule has 1 aliphatic rings. The van der Waals surface area contributed by atoms with Gasteiger partial charge in [0.1, 0.15) is 0 Å². The highest BCUT2D eigenvalue weighted by Gasteiger charge is 2.27. The molecule has 1 aliphatic heterocycles. The van der Waals surface area contributed by atoms with Crippen LogP contribution in [0.2, 0.25) is 0 Å². The Balaban J connectivity index is 0.00000288. The number of para-hydroxylation sites is 1. The Kier molecular flexibility index (Phi) is 7.24. The van der Waals surface area contributed by atoms with Crippen molar-refractivity contribution >= 4 is 29.9 Å². The number of nitrogens with two attached hydrogens (primary N) is 1. The van der Waals surface area contributed by atoms with Gasteiger partial charge in [0.15, 0.2) is 0 Å². The molecule has 0 fully saturated rings. The number of nitrogens with zero attached hydrogens (tertiary/aromatic N) is 1. The van der Waals surface area contributed by atoms with Crippen LogP contribution < -0.4 is 16.0 Å². The molecule has 134 valence electrons. The SMILES string of the molecule is CC(C)(C)[C@H](N)C(=O)NCCCC(=O)N1CCc2ccccc21.Cl. The second-order valence-electron chi connectivity index (χ2n) is 7.16. The maximum atomic E-state index is 12.3. The van der Waals surface area contributed by atoms with Gasteiger partial charge in [0.25, 0.3) is 0 Å². The molecule has 6 heteroatoms. The van der Waals surface area contributed by atoms with E-state index in [1.807, 2.05) is 43.9 Å². The molecule has 0 unspecified atom stereocenters. The van der Waals surface area contributed by atoms with E-state index < -0.39 is 6.04 Å². The first-order valence-electron chi connectivity index (χ1n) is 8.22. The fourth-order valence-electron chi connectivity index (χ4n) is 2.69. The molecule has 24 heavy (non-hydrogen) atoms. The zero-order valence-electron chi connectivity index (χ0n) is 14.7. The maximum absolute atomic E-state index is 12.3. The lowest BCUT2D eigenvalue weighted by Crippen LogP contribution is -2.48. The Hall–Kier alpha value is -1.59. The number of amides is 2. The smallest absolute Gasteiger partial charge is 0.237 e. The summed E-state index contributed by atoms with van der Waals surface area (Å²) < 4.78 is 0. The Morgan fingerprint density at radius 2 is 1.96 bits per heavy atom. The van der Waals surface area contributed by atoms with Crippen LogP contribution in [0.25, 0.3) is 0 Å². The molecule has 0 saturated heterocycles. The predicted octanol–water partition coefficient (Wildman–Crippen LogP) is 2.27. The number of rotatable bonds is 5. The first kappa shape index (κ1) is 20.5. The van der Waals surface area contributed by atoms with Crippen LogP contribution in [-0.2, 0) is 16.0 Å². The zero-order chi connectivity index (χ0) is 17.0. The lowest BCUT2D eigenvalue weighted by Gasteiger charge is -2.25. The fourth-order valence-corrected chi connectivity index (χ4v) is 2.69. The highest BCUT2D eigenvalue weighted by Crippen LogP contribution is 2.28. The van der Waals surface area contributed by atoms with Crippen LogP contribution in [0.15, 0.2) is 24.3 Å². The maximum Gasteiger partial charge on any atom is 0.237 e. The van der Waals surface area contributed by atoms with Gasteiger partial charge in [-0.3, -0.25) is 9.59 Å². The molecule has 0 radical (unpaired) electrons. The van der Waals surface area contributed by atoms with Crippen molar-refractivity contribution in [1.82, 2.24) is 5.32 Å². The molecule has 0 aliphatic carbocycles. The summed E-state index contributed by atoms with van der Waals surface area (Å²) in [5.41, 5.74) is 7.89. The minimum atomic E-state index is -0.538. The summed E-state index contributed by atoms with van der Waals surface area (Å²) in [6.45, 7) is 7.03. The third-order valence-electron chi connectivity index (χ3n) is 4.27. The molecule has 2 rings (SSSR count). The van der Waals surface area contributed by atoms with Crippen molar-refractivity contribution in [1.29, 1.82) is 0 Å². The van der Waals surface area contributed by atoms with E-state index in [1.165, 1.54) is 5.56 Å². The molecule has 0 aromatic heterocycles. The molecule has 0 bridgehead atoms. The van der Waals surface area contributed by atoms with Crippen molar-refractivity contribution < 1.29 is 9.59 Å². The third-order valence-corrected chi connectivity index (χ3v) is 4.27. The van der Waals surface area contributed by atoms with E-state index in [0.717, 1.165) is 18.7 Å². The highest BCUT2D eigenvalue weighted by atomic mass is 35.5. The van der Waals surface area contributed by atoms with Gasteiger partial charge in [-0.25, -0.2) is 0 Å². The molecular formula is C18H28ClN3O2. The molecule has 1 aromatic carbocycles. The average Bonchev–Trinajstić information content (AvgIpc) is 2.93. The number of carbonyl (C=O) groups excluding carboxylic acids is 2. The van der Waals surface area contributed by atoms with Gasteiger partial charge in [0.05, 0.1) is 6.04 Å². The van der Waals surface area contributed by atoms with E-state index in [-0.39, 0.29) is 29.6 Å². The van der Waals surface area contributed by atoms with Crippen molar-refractivity contribution in [2.75, 3.05) is 18.0 Å². The van der Waals surface area contributed by atoms with Gasteiger partial charge in [-0.15, -0.1) is 12.4 Å². The number of halogens is 1. The summed E-state index contributed by atoms with van der Waals surface area (Å²) in [7, 11) is 0. The summed E-state index contributed by atoms with van der Waals surface area (Å²) in [5, 5.41) is 2.82. The van der Waals surface area contributed by atoms with Gasteiger partial charge in [-0.05, 0) is 29.9 Å². The van der Waals surface area contributed by atoms with Crippen molar-refractivity contribution in [3.05, 3.63) is 29.8 Å². The van der Waals surface area contributed by atoms with Crippen LogP contribution in [0.4, 0.5) is 5.69 Å². The van der Waals surface area contributed by atoms with E-state index in [9.17, 15) is 9.59 Å². The molecule has 0 spiro atoms. The largest absolute Gasteiger partial charge is 0.355 e. The number of hydrogen-bond acceptors (Lipinski definition) is 3. The number of anilines is 1. The van der Waals surface area contributed by atoms with E-state index in [4.69, 9.17) is 5.73 Å². The van der Waals surface area contributed by atoms with Gasteiger partial charge in [-0.2, -0.15) is 0 Å². The standard InChI is InChI=1S/C18H27N3O2.ClH/c1-18(2,3)16(19)17(23)20-11-6-9-15(22)21-12-10-13-7-4-5-8-14(13)21;/h4-5,7-8,16H,6,9-12,19H2,1-3H3,(H,20,23);1H/t16-;/m1./s1. The highest BCUT2D eigenvalue weighted by molar-refractivity contribution is 5.95. The normalized spacial score (nSPS) is 14.6.